The van der Waals surface area contributed by atoms with E-state index in [1.54, 1.807) is 11.0 Å². The lowest BCUT2D eigenvalue weighted by atomic mass is 10.1. The number of carbonyl (C=O) groups is 1. The van der Waals surface area contributed by atoms with Gasteiger partial charge in [0.25, 0.3) is 0 Å². The van der Waals surface area contributed by atoms with Crippen molar-refractivity contribution in [2.24, 2.45) is 0 Å². The van der Waals surface area contributed by atoms with Gasteiger partial charge in [-0.05, 0) is 23.3 Å². The van der Waals surface area contributed by atoms with Crippen molar-refractivity contribution < 1.29 is 13.6 Å². The van der Waals surface area contributed by atoms with Crippen LogP contribution in [0.5, 0.6) is 0 Å². The Balaban J connectivity index is 1.51. The van der Waals surface area contributed by atoms with E-state index in [9.17, 15) is 13.6 Å². The minimum atomic E-state index is -0.826. The van der Waals surface area contributed by atoms with Crippen LogP contribution in [0.2, 0.25) is 0 Å². The fourth-order valence-corrected chi connectivity index (χ4v) is 2.20. The highest BCUT2D eigenvalue weighted by molar-refractivity contribution is 5.89. The number of amides is 2. The highest BCUT2D eigenvalue weighted by Crippen LogP contribution is 2.14. The Morgan fingerprint density at radius 1 is 1.08 bits per heavy atom. The lowest BCUT2D eigenvalue weighted by Crippen LogP contribution is -2.28. The zero-order valence-electron chi connectivity index (χ0n) is 13.1. The molecule has 3 rings (SSSR count). The van der Waals surface area contributed by atoms with Crippen molar-refractivity contribution >= 4 is 11.7 Å². The summed E-state index contributed by atoms with van der Waals surface area (Å²) in [6.07, 6.45) is 3.11. The van der Waals surface area contributed by atoms with E-state index in [0.29, 0.717) is 12.6 Å². The average molecular weight is 343 g/mol. The standard InChI is InChI=1S/C17H15F2N5O/c18-14-5-6-16(15(19)7-14)23-17(25)21-8-12-1-3-13(4-2-12)9-24-11-20-10-22-24/h1-7,10-11H,8-9H2,(H2,21,23,25). The smallest absolute Gasteiger partial charge is 0.319 e. The van der Waals surface area contributed by atoms with Gasteiger partial charge in [-0.1, -0.05) is 24.3 Å². The molecular formula is C17H15F2N5O. The molecular weight excluding hydrogens is 328 g/mol. The molecule has 0 atom stereocenters. The minimum absolute atomic E-state index is 0.0814. The summed E-state index contributed by atoms with van der Waals surface area (Å²) < 4.78 is 28.0. The Hall–Kier alpha value is -3.29. The summed E-state index contributed by atoms with van der Waals surface area (Å²) in [7, 11) is 0. The van der Waals surface area contributed by atoms with E-state index in [0.717, 1.165) is 17.2 Å². The molecule has 1 aromatic heterocycles. The van der Waals surface area contributed by atoms with Crippen molar-refractivity contribution in [2.45, 2.75) is 13.1 Å². The Bertz CT molecular complexity index is 850. The van der Waals surface area contributed by atoms with E-state index in [1.165, 1.54) is 12.4 Å². The molecule has 0 spiro atoms. The molecule has 8 heteroatoms. The molecule has 25 heavy (non-hydrogen) atoms. The molecule has 0 fully saturated rings. The van der Waals surface area contributed by atoms with Gasteiger partial charge in [-0.3, -0.25) is 0 Å². The highest BCUT2D eigenvalue weighted by atomic mass is 19.1. The van der Waals surface area contributed by atoms with Crippen molar-refractivity contribution in [2.75, 3.05) is 5.32 Å². The molecule has 2 amide bonds. The van der Waals surface area contributed by atoms with E-state index in [2.05, 4.69) is 20.7 Å². The topological polar surface area (TPSA) is 71.8 Å². The first-order valence-corrected chi connectivity index (χ1v) is 7.50. The molecule has 1 heterocycles. The van der Waals surface area contributed by atoms with Crippen LogP contribution in [-0.2, 0) is 13.1 Å². The fraction of sp³-hybridized carbons (Fsp3) is 0.118. The molecule has 0 unspecified atom stereocenters. The van der Waals surface area contributed by atoms with Crippen LogP contribution in [0.4, 0.5) is 19.3 Å². The second kappa shape index (κ2) is 7.52. The number of benzene rings is 2. The van der Waals surface area contributed by atoms with Crippen LogP contribution in [-0.4, -0.2) is 20.8 Å². The first-order chi connectivity index (χ1) is 12.1. The second-order valence-electron chi connectivity index (χ2n) is 5.34. The zero-order valence-corrected chi connectivity index (χ0v) is 13.1. The first-order valence-electron chi connectivity index (χ1n) is 7.50. The summed E-state index contributed by atoms with van der Waals surface area (Å²) in [5.41, 5.74) is 1.85. The number of rotatable bonds is 5. The van der Waals surface area contributed by atoms with Crippen LogP contribution in [0.15, 0.2) is 55.1 Å². The van der Waals surface area contributed by atoms with Crippen LogP contribution in [0.25, 0.3) is 0 Å². The van der Waals surface area contributed by atoms with E-state index in [4.69, 9.17) is 0 Å². The van der Waals surface area contributed by atoms with Crippen molar-refractivity contribution in [3.63, 3.8) is 0 Å². The summed E-state index contributed by atoms with van der Waals surface area (Å²) >= 11 is 0. The molecule has 0 saturated carbocycles. The Morgan fingerprint density at radius 2 is 1.84 bits per heavy atom. The number of urea groups is 1. The number of nitrogens with one attached hydrogen (secondary N) is 2. The lowest BCUT2D eigenvalue weighted by Gasteiger charge is -2.09. The lowest BCUT2D eigenvalue weighted by molar-refractivity contribution is 0.251. The van der Waals surface area contributed by atoms with Crippen LogP contribution in [0, 0.1) is 11.6 Å². The number of hydrogen-bond donors (Lipinski definition) is 2. The molecule has 0 bridgehead atoms. The summed E-state index contributed by atoms with van der Waals surface area (Å²) in [6.45, 7) is 0.885. The van der Waals surface area contributed by atoms with Gasteiger partial charge in [0.1, 0.15) is 24.3 Å². The number of carbonyl (C=O) groups excluding carboxylic acids is 1. The van der Waals surface area contributed by atoms with Gasteiger partial charge in [0.15, 0.2) is 0 Å². The number of aromatic nitrogens is 3. The molecule has 6 nitrogen and oxygen atoms in total. The second-order valence-corrected chi connectivity index (χ2v) is 5.34. The molecule has 0 radical (unpaired) electrons. The minimum Gasteiger partial charge on any atom is -0.334 e. The van der Waals surface area contributed by atoms with Gasteiger partial charge in [0.2, 0.25) is 0 Å². The first kappa shape index (κ1) is 16.6. The van der Waals surface area contributed by atoms with Crippen LogP contribution in [0.1, 0.15) is 11.1 Å². The molecule has 0 aliphatic carbocycles. The third kappa shape index (κ3) is 4.60. The van der Waals surface area contributed by atoms with Gasteiger partial charge in [0.05, 0.1) is 12.2 Å². The SMILES string of the molecule is O=C(NCc1ccc(Cn2cncn2)cc1)Nc1ccc(F)cc1F. The quantitative estimate of drug-likeness (QED) is 0.748. The maximum absolute atomic E-state index is 13.5. The maximum Gasteiger partial charge on any atom is 0.319 e. The number of hydrogen-bond acceptors (Lipinski definition) is 3. The zero-order chi connectivity index (χ0) is 17.6. The summed E-state index contributed by atoms with van der Waals surface area (Å²) in [4.78, 5) is 15.7. The predicted octanol–water partition coefficient (Wildman–Crippen LogP) is 2.93. The summed E-state index contributed by atoms with van der Waals surface area (Å²) in [5, 5.41) is 8.99. The van der Waals surface area contributed by atoms with Gasteiger partial charge in [-0.2, -0.15) is 5.10 Å². The third-order valence-electron chi connectivity index (χ3n) is 3.47. The third-order valence-corrected chi connectivity index (χ3v) is 3.47. The number of anilines is 1. The van der Waals surface area contributed by atoms with Crippen molar-refractivity contribution in [1.82, 2.24) is 20.1 Å². The van der Waals surface area contributed by atoms with Gasteiger partial charge in [0, 0.05) is 12.6 Å². The van der Waals surface area contributed by atoms with E-state index < -0.39 is 17.7 Å². The van der Waals surface area contributed by atoms with Crippen LogP contribution < -0.4 is 10.6 Å². The molecule has 0 aliphatic heterocycles. The summed E-state index contributed by atoms with van der Waals surface area (Å²) in [6, 6.07) is 10.00. The van der Waals surface area contributed by atoms with Crippen molar-refractivity contribution in [1.29, 1.82) is 0 Å². The molecule has 3 aromatic rings. The van der Waals surface area contributed by atoms with Gasteiger partial charge in [-0.15, -0.1) is 0 Å². The Labute approximate surface area is 142 Å². The highest BCUT2D eigenvalue weighted by Gasteiger charge is 2.07. The van der Waals surface area contributed by atoms with E-state index in [1.807, 2.05) is 24.3 Å². The van der Waals surface area contributed by atoms with Crippen LogP contribution >= 0.6 is 0 Å². The largest absolute Gasteiger partial charge is 0.334 e. The van der Waals surface area contributed by atoms with Crippen molar-refractivity contribution in [3.8, 4) is 0 Å². The van der Waals surface area contributed by atoms with Crippen molar-refractivity contribution in [3.05, 3.63) is 77.9 Å². The van der Waals surface area contributed by atoms with Gasteiger partial charge in [-0.25, -0.2) is 23.2 Å². The summed E-state index contributed by atoms with van der Waals surface area (Å²) in [5.74, 6) is -1.53. The van der Waals surface area contributed by atoms with Gasteiger partial charge < -0.3 is 10.6 Å². The number of nitrogens with zero attached hydrogens (tertiary/aromatic N) is 3. The maximum atomic E-state index is 13.5. The molecule has 2 N–H and O–H groups in total. The molecule has 2 aromatic carbocycles. The normalized spacial score (nSPS) is 10.5. The van der Waals surface area contributed by atoms with E-state index in [-0.39, 0.29) is 12.2 Å². The monoisotopic (exact) mass is 343 g/mol. The Kier molecular flexibility index (Phi) is 4.98. The number of halogens is 2. The van der Waals surface area contributed by atoms with E-state index >= 15 is 0 Å². The van der Waals surface area contributed by atoms with Crippen LogP contribution in [0.3, 0.4) is 0 Å². The Morgan fingerprint density at radius 3 is 2.52 bits per heavy atom. The van der Waals surface area contributed by atoms with Gasteiger partial charge >= 0.3 is 6.03 Å². The predicted molar refractivity (Wildman–Crippen MR) is 87.8 cm³/mol. The average Bonchev–Trinajstić information content (AvgIpc) is 3.10. The fourth-order valence-electron chi connectivity index (χ4n) is 2.20. The molecule has 0 saturated heterocycles. The molecule has 128 valence electrons. The molecule has 0 aliphatic rings.